The Kier molecular flexibility index (Phi) is 7.44. The van der Waals surface area contributed by atoms with E-state index in [0.717, 1.165) is 60.1 Å². The number of carbonyl (C=O) groups is 2. The molecular weight excluding hydrogens is 536 g/mol. The number of thiazole rings is 1. The lowest BCUT2D eigenvalue weighted by molar-refractivity contribution is -0.132. The summed E-state index contributed by atoms with van der Waals surface area (Å²) in [6.45, 7) is 10.6. The molecule has 1 aliphatic carbocycles. The smallest absolute Gasteiger partial charge is 0.228 e. The summed E-state index contributed by atoms with van der Waals surface area (Å²) in [6, 6.07) is 0.601. The second-order valence-electron chi connectivity index (χ2n) is 12.7. The molecule has 2 fully saturated rings. The predicted octanol–water partition coefficient (Wildman–Crippen LogP) is 3.44. The van der Waals surface area contributed by atoms with Crippen LogP contribution in [0, 0.1) is 5.92 Å². The second-order valence-corrected chi connectivity index (χ2v) is 13.6. The first kappa shape index (κ1) is 28.0. The van der Waals surface area contributed by atoms with E-state index in [1.807, 2.05) is 17.3 Å². The highest BCUT2D eigenvalue weighted by molar-refractivity contribution is 7.09. The van der Waals surface area contributed by atoms with Gasteiger partial charge in [0.25, 0.3) is 0 Å². The number of carbonyl (C=O) groups excluding carboxylic acids is 2. The predicted molar refractivity (Wildman–Crippen MR) is 159 cm³/mol. The van der Waals surface area contributed by atoms with Crippen molar-refractivity contribution in [3.63, 3.8) is 0 Å². The Hall–Kier alpha value is -3.18. The maximum absolute atomic E-state index is 13.6. The minimum absolute atomic E-state index is 0.0817. The Balaban J connectivity index is 1.10. The molecule has 3 aliphatic rings. The van der Waals surface area contributed by atoms with Gasteiger partial charge in [0.1, 0.15) is 10.7 Å². The van der Waals surface area contributed by atoms with Crippen molar-refractivity contribution >= 4 is 29.0 Å². The van der Waals surface area contributed by atoms with Crippen LogP contribution >= 0.6 is 11.3 Å². The van der Waals surface area contributed by atoms with Crippen LogP contribution in [0.3, 0.4) is 0 Å². The highest BCUT2D eigenvalue weighted by Gasteiger charge is 2.39. The molecule has 0 unspecified atom stereocenters. The third-order valence-electron chi connectivity index (χ3n) is 9.12. The number of aromatic nitrogens is 5. The molecule has 11 heteroatoms. The van der Waals surface area contributed by atoms with Crippen LogP contribution in [-0.2, 0) is 36.5 Å². The zero-order chi connectivity index (χ0) is 28.9. The van der Waals surface area contributed by atoms with Crippen molar-refractivity contribution in [2.75, 3.05) is 31.9 Å². The molecule has 0 spiro atoms. The first-order valence-corrected chi connectivity index (χ1v) is 15.6. The number of fused-ring (bicyclic) bond motifs is 3. The van der Waals surface area contributed by atoms with Crippen LogP contribution in [0.15, 0.2) is 11.6 Å². The van der Waals surface area contributed by atoms with E-state index in [-0.39, 0.29) is 35.9 Å². The van der Waals surface area contributed by atoms with Gasteiger partial charge in [0.05, 0.1) is 29.9 Å². The number of likely N-dealkylation sites (tertiary alicyclic amines) is 2. The lowest BCUT2D eigenvalue weighted by Crippen LogP contribution is -2.49. The number of piperidine rings is 2. The minimum Gasteiger partial charge on any atom is -0.368 e. The molecular formula is C30H40N8O2S. The van der Waals surface area contributed by atoms with Crippen LogP contribution in [0.1, 0.15) is 78.8 Å². The SMILES string of the molecule is CC1CCN(C2CCN(C(=O)Cc3csc(CC(=O)c4nn(C)c5c4C(C)(C)Cc4cnc(N)nc4-5)n3)CC2)CC1. The van der Waals surface area contributed by atoms with Gasteiger partial charge >= 0.3 is 0 Å². The zero-order valence-corrected chi connectivity index (χ0v) is 25.3. The number of anilines is 1. The fraction of sp³-hybridized carbons (Fsp3) is 0.600. The van der Waals surface area contributed by atoms with Crippen molar-refractivity contribution in [1.29, 1.82) is 0 Å². The minimum atomic E-state index is -0.318. The highest BCUT2D eigenvalue weighted by Crippen LogP contribution is 2.44. The lowest BCUT2D eigenvalue weighted by Gasteiger charge is -2.41. The molecule has 2 saturated heterocycles. The van der Waals surface area contributed by atoms with Crippen molar-refractivity contribution in [2.45, 2.75) is 77.2 Å². The van der Waals surface area contributed by atoms with Crippen LogP contribution < -0.4 is 5.73 Å². The van der Waals surface area contributed by atoms with Gasteiger partial charge < -0.3 is 15.5 Å². The molecule has 1 amide bonds. The van der Waals surface area contributed by atoms with Crippen LogP contribution in [0.5, 0.6) is 0 Å². The van der Waals surface area contributed by atoms with Gasteiger partial charge in [0.2, 0.25) is 11.9 Å². The number of hydrogen-bond acceptors (Lipinski definition) is 9. The second kappa shape index (κ2) is 10.9. The summed E-state index contributed by atoms with van der Waals surface area (Å²) in [7, 11) is 1.84. The summed E-state index contributed by atoms with van der Waals surface area (Å²) >= 11 is 1.43. The van der Waals surface area contributed by atoms with Crippen LogP contribution in [0.2, 0.25) is 0 Å². The number of ketones is 1. The number of nitrogens with zero attached hydrogens (tertiary/aromatic N) is 7. The monoisotopic (exact) mass is 576 g/mol. The van der Waals surface area contributed by atoms with Crippen molar-refractivity contribution in [2.24, 2.45) is 13.0 Å². The van der Waals surface area contributed by atoms with E-state index in [2.05, 4.69) is 45.7 Å². The Morgan fingerprint density at radius 2 is 1.80 bits per heavy atom. The van der Waals surface area contributed by atoms with E-state index in [1.54, 1.807) is 10.9 Å². The maximum Gasteiger partial charge on any atom is 0.228 e. The molecule has 218 valence electrons. The quantitative estimate of drug-likeness (QED) is 0.443. The van der Waals surface area contributed by atoms with E-state index >= 15 is 0 Å². The molecule has 0 radical (unpaired) electrons. The largest absolute Gasteiger partial charge is 0.368 e. The van der Waals surface area contributed by atoms with Gasteiger partial charge in [0.15, 0.2) is 5.78 Å². The van der Waals surface area contributed by atoms with Crippen LogP contribution in [0.25, 0.3) is 11.4 Å². The van der Waals surface area contributed by atoms with Gasteiger partial charge in [-0.3, -0.25) is 14.3 Å². The average molecular weight is 577 g/mol. The molecule has 10 nitrogen and oxygen atoms in total. The molecule has 5 heterocycles. The van der Waals surface area contributed by atoms with E-state index in [0.29, 0.717) is 23.2 Å². The number of rotatable bonds is 6. The molecule has 41 heavy (non-hydrogen) atoms. The number of Topliss-reactive ketones (excluding diaryl/α,β-unsaturated/α-hetero) is 1. The van der Waals surface area contributed by atoms with Gasteiger partial charge in [-0.05, 0) is 62.1 Å². The standard InChI is InChI=1S/C30H40N8O2S/c1-18-5-9-37(10-6-18)21-7-11-38(12-8-21)24(40)13-20-17-41-23(33-20)14-22(39)27-25-28(36(4)35-27)26-19(15-30(25,2)3)16-32-29(31)34-26/h16-18,21H,5-15H2,1-4H3,(H2,31,32,34). The first-order chi connectivity index (χ1) is 19.6. The van der Waals surface area contributed by atoms with Gasteiger partial charge in [-0.2, -0.15) is 5.10 Å². The fourth-order valence-electron chi connectivity index (χ4n) is 6.82. The van der Waals surface area contributed by atoms with Crippen LogP contribution in [-0.4, -0.2) is 78.4 Å². The maximum atomic E-state index is 13.6. The van der Waals surface area contributed by atoms with Crippen molar-refractivity contribution < 1.29 is 9.59 Å². The van der Waals surface area contributed by atoms with Gasteiger partial charge in [0, 0.05) is 43.3 Å². The topological polar surface area (TPSA) is 123 Å². The molecule has 0 atom stereocenters. The molecule has 0 saturated carbocycles. The lowest BCUT2D eigenvalue weighted by atomic mass is 9.72. The molecule has 0 bridgehead atoms. The first-order valence-electron chi connectivity index (χ1n) is 14.8. The number of hydrogen-bond donors (Lipinski definition) is 1. The Morgan fingerprint density at radius 1 is 1.07 bits per heavy atom. The van der Waals surface area contributed by atoms with Crippen molar-refractivity contribution in [3.8, 4) is 11.4 Å². The summed E-state index contributed by atoms with van der Waals surface area (Å²) < 4.78 is 1.73. The number of nitrogens with two attached hydrogens (primary N) is 1. The molecule has 2 aliphatic heterocycles. The van der Waals surface area contributed by atoms with E-state index in [9.17, 15) is 9.59 Å². The zero-order valence-electron chi connectivity index (χ0n) is 24.5. The molecule has 0 aromatic carbocycles. The Morgan fingerprint density at radius 3 is 2.54 bits per heavy atom. The summed E-state index contributed by atoms with van der Waals surface area (Å²) in [5.74, 6) is 1.08. The third kappa shape index (κ3) is 5.53. The van der Waals surface area contributed by atoms with Gasteiger partial charge in [-0.1, -0.05) is 20.8 Å². The van der Waals surface area contributed by atoms with Gasteiger partial charge in [-0.25, -0.2) is 15.0 Å². The summed E-state index contributed by atoms with van der Waals surface area (Å²) in [4.78, 5) is 44.6. The molecule has 3 aromatic rings. The Labute approximate surface area is 245 Å². The van der Waals surface area contributed by atoms with Gasteiger partial charge in [-0.15, -0.1) is 11.3 Å². The van der Waals surface area contributed by atoms with Crippen molar-refractivity contribution in [1.82, 2.24) is 34.5 Å². The van der Waals surface area contributed by atoms with Crippen molar-refractivity contribution in [3.05, 3.63) is 39.1 Å². The van der Waals surface area contributed by atoms with Crippen LogP contribution in [0.4, 0.5) is 5.95 Å². The normalized spacial score (nSPS) is 19.7. The summed E-state index contributed by atoms with van der Waals surface area (Å²) in [5.41, 5.74) is 10.2. The number of aryl methyl sites for hydroxylation is 1. The molecule has 2 N–H and O–H groups in total. The van der Waals surface area contributed by atoms with E-state index in [4.69, 9.17) is 5.73 Å². The van der Waals surface area contributed by atoms with E-state index < -0.39 is 0 Å². The summed E-state index contributed by atoms with van der Waals surface area (Å²) in [6.07, 6.45) is 7.55. The summed E-state index contributed by atoms with van der Waals surface area (Å²) in [5, 5.41) is 7.27. The number of nitrogen functional groups attached to an aromatic ring is 1. The third-order valence-corrected chi connectivity index (χ3v) is 10.0. The number of amides is 1. The fourth-order valence-corrected chi connectivity index (χ4v) is 7.62. The highest BCUT2D eigenvalue weighted by atomic mass is 32.1. The Bertz CT molecular complexity index is 1460. The molecule has 6 rings (SSSR count). The van der Waals surface area contributed by atoms with E-state index in [1.165, 1.54) is 37.3 Å². The average Bonchev–Trinajstić information content (AvgIpc) is 3.54. The molecule has 3 aromatic heterocycles.